The van der Waals surface area contributed by atoms with Crippen LogP contribution in [0.1, 0.15) is 19.8 Å². The minimum Gasteiger partial charge on any atom is -0.499 e. The van der Waals surface area contributed by atoms with Gasteiger partial charge < -0.3 is 19.7 Å². The Bertz CT molecular complexity index is 121. The van der Waals surface area contributed by atoms with Crippen LogP contribution in [0.4, 0.5) is 0 Å². The highest BCUT2D eigenvalue weighted by molar-refractivity contribution is 4.68. The van der Waals surface area contributed by atoms with Gasteiger partial charge in [-0.15, -0.1) is 0 Å². The Morgan fingerprint density at radius 3 is 2.54 bits per heavy atom. The second-order valence-corrected chi connectivity index (χ2v) is 2.72. The summed E-state index contributed by atoms with van der Waals surface area (Å²) in [6.07, 6.45) is 2.01. The fourth-order valence-electron chi connectivity index (χ4n) is 0.598. The molecule has 1 rings (SSSR count). The van der Waals surface area contributed by atoms with E-state index in [1.807, 2.05) is 6.92 Å². The summed E-state index contributed by atoms with van der Waals surface area (Å²) in [6, 6.07) is 0. The van der Waals surface area contributed by atoms with Crippen molar-refractivity contribution in [2.45, 2.75) is 32.2 Å². The molecule has 1 unspecified atom stereocenters. The SMILES string of the molecule is C=COCC1CO1.CCCC(O)O. The largest absolute Gasteiger partial charge is 0.499 e. The minimum absolute atomic E-state index is 0.359. The number of aliphatic hydroxyl groups excluding tert-OH is 1. The Morgan fingerprint density at radius 2 is 2.31 bits per heavy atom. The third-order valence-corrected chi connectivity index (χ3v) is 1.35. The van der Waals surface area contributed by atoms with Gasteiger partial charge in [0.25, 0.3) is 0 Å². The van der Waals surface area contributed by atoms with E-state index in [9.17, 15) is 0 Å². The van der Waals surface area contributed by atoms with Crippen LogP contribution in [0.15, 0.2) is 12.8 Å². The highest BCUT2D eigenvalue weighted by Gasteiger charge is 2.21. The summed E-state index contributed by atoms with van der Waals surface area (Å²) in [5, 5.41) is 16.2. The minimum atomic E-state index is -1.10. The van der Waals surface area contributed by atoms with Crippen molar-refractivity contribution < 1.29 is 19.7 Å². The number of hydrogen-bond donors (Lipinski definition) is 2. The second kappa shape index (κ2) is 8.04. The van der Waals surface area contributed by atoms with Gasteiger partial charge >= 0.3 is 0 Å². The molecule has 0 aliphatic carbocycles. The van der Waals surface area contributed by atoms with E-state index in [0.29, 0.717) is 19.1 Å². The Labute approximate surface area is 78.8 Å². The molecule has 1 aliphatic rings. The van der Waals surface area contributed by atoms with E-state index in [-0.39, 0.29) is 0 Å². The first-order valence-electron chi connectivity index (χ1n) is 4.41. The Balaban J connectivity index is 0.000000226. The molecule has 0 radical (unpaired) electrons. The zero-order chi connectivity index (χ0) is 10.1. The molecule has 4 heteroatoms. The molecule has 0 bridgehead atoms. The van der Waals surface area contributed by atoms with Gasteiger partial charge in [0.1, 0.15) is 12.7 Å². The highest BCUT2D eigenvalue weighted by atomic mass is 16.6. The van der Waals surface area contributed by atoms with Crippen molar-refractivity contribution in [2.24, 2.45) is 0 Å². The molecular weight excluding hydrogens is 172 g/mol. The molecule has 1 aliphatic heterocycles. The molecule has 1 atom stereocenters. The molecular formula is C9H18O4. The van der Waals surface area contributed by atoms with E-state index in [2.05, 4.69) is 6.58 Å². The number of hydrogen-bond acceptors (Lipinski definition) is 4. The van der Waals surface area contributed by atoms with E-state index in [1.54, 1.807) is 0 Å². The van der Waals surface area contributed by atoms with Gasteiger partial charge in [-0.2, -0.15) is 0 Å². The van der Waals surface area contributed by atoms with Crippen molar-refractivity contribution in [2.75, 3.05) is 13.2 Å². The quantitative estimate of drug-likeness (QED) is 0.379. The maximum absolute atomic E-state index is 8.11. The van der Waals surface area contributed by atoms with Gasteiger partial charge in [0.05, 0.1) is 12.9 Å². The van der Waals surface area contributed by atoms with Crippen LogP contribution < -0.4 is 0 Å². The smallest absolute Gasteiger partial charge is 0.151 e. The van der Waals surface area contributed by atoms with Crippen molar-refractivity contribution in [1.82, 2.24) is 0 Å². The maximum Gasteiger partial charge on any atom is 0.151 e. The van der Waals surface area contributed by atoms with Gasteiger partial charge in [-0.1, -0.05) is 19.9 Å². The van der Waals surface area contributed by atoms with Gasteiger partial charge in [-0.3, -0.25) is 0 Å². The van der Waals surface area contributed by atoms with Gasteiger partial charge in [0.2, 0.25) is 0 Å². The molecule has 0 amide bonds. The fraction of sp³-hybridized carbons (Fsp3) is 0.778. The summed E-state index contributed by atoms with van der Waals surface area (Å²) in [4.78, 5) is 0. The second-order valence-electron chi connectivity index (χ2n) is 2.72. The molecule has 4 nitrogen and oxygen atoms in total. The summed E-state index contributed by atoms with van der Waals surface area (Å²) < 4.78 is 9.63. The number of ether oxygens (including phenoxy) is 2. The average molecular weight is 190 g/mol. The van der Waals surface area contributed by atoms with Crippen LogP contribution >= 0.6 is 0 Å². The first kappa shape index (κ1) is 12.4. The van der Waals surface area contributed by atoms with Crippen LogP contribution in [0.2, 0.25) is 0 Å². The summed E-state index contributed by atoms with van der Waals surface area (Å²) in [5.74, 6) is 0. The monoisotopic (exact) mass is 190 g/mol. The molecule has 78 valence electrons. The van der Waals surface area contributed by atoms with Crippen LogP contribution in [0, 0.1) is 0 Å². The number of aliphatic hydroxyl groups is 2. The van der Waals surface area contributed by atoms with Gasteiger partial charge in [0, 0.05) is 0 Å². The lowest BCUT2D eigenvalue weighted by Crippen LogP contribution is -2.01. The van der Waals surface area contributed by atoms with E-state index < -0.39 is 6.29 Å². The van der Waals surface area contributed by atoms with Crippen LogP contribution in [-0.4, -0.2) is 35.8 Å². The van der Waals surface area contributed by atoms with E-state index in [4.69, 9.17) is 19.7 Å². The lowest BCUT2D eigenvalue weighted by Gasteiger charge is -1.94. The predicted molar refractivity (Wildman–Crippen MR) is 49.0 cm³/mol. The van der Waals surface area contributed by atoms with Crippen molar-refractivity contribution >= 4 is 0 Å². The van der Waals surface area contributed by atoms with Gasteiger partial charge in [-0.25, -0.2) is 0 Å². The topological polar surface area (TPSA) is 62.2 Å². The third-order valence-electron chi connectivity index (χ3n) is 1.35. The summed E-state index contributed by atoms with van der Waals surface area (Å²) in [5.41, 5.74) is 0. The van der Waals surface area contributed by atoms with Crippen molar-refractivity contribution in [3.63, 3.8) is 0 Å². The summed E-state index contributed by atoms with van der Waals surface area (Å²) in [6.45, 7) is 6.81. The highest BCUT2D eigenvalue weighted by Crippen LogP contribution is 2.07. The van der Waals surface area contributed by atoms with Gasteiger partial charge in [-0.05, 0) is 6.42 Å². The maximum atomic E-state index is 8.11. The fourth-order valence-corrected chi connectivity index (χ4v) is 0.598. The van der Waals surface area contributed by atoms with Crippen molar-refractivity contribution in [3.8, 4) is 0 Å². The number of rotatable bonds is 5. The average Bonchev–Trinajstić information content (AvgIpc) is 2.85. The molecule has 1 heterocycles. The predicted octanol–water partition coefficient (Wildman–Crippen LogP) is 0.642. The van der Waals surface area contributed by atoms with Crippen LogP contribution in [0.5, 0.6) is 0 Å². The summed E-state index contributed by atoms with van der Waals surface area (Å²) in [7, 11) is 0. The van der Waals surface area contributed by atoms with Crippen molar-refractivity contribution in [1.29, 1.82) is 0 Å². The van der Waals surface area contributed by atoms with Gasteiger partial charge in [0.15, 0.2) is 6.29 Å². The molecule has 2 N–H and O–H groups in total. The van der Waals surface area contributed by atoms with E-state index in [1.165, 1.54) is 6.26 Å². The first-order valence-corrected chi connectivity index (χ1v) is 4.41. The first-order chi connectivity index (χ1) is 6.20. The molecule has 13 heavy (non-hydrogen) atoms. The number of epoxide rings is 1. The van der Waals surface area contributed by atoms with Crippen LogP contribution in [0.25, 0.3) is 0 Å². The van der Waals surface area contributed by atoms with E-state index in [0.717, 1.165) is 13.0 Å². The lowest BCUT2D eigenvalue weighted by molar-refractivity contribution is -0.0453. The molecule has 0 aromatic carbocycles. The molecule has 0 saturated carbocycles. The van der Waals surface area contributed by atoms with E-state index >= 15 is 0 Å². The molecule has 0 aromatic heterocycles. The van der Waals surface area contributed by atoms with Crippen LogP contribution in [0.3, 0.4) is 0 Å². The lowest BCUT2D eigenvalue weighted by atomic mass is 10.3. The standard InChI is InChI=1S/C5H8O2.C4H10O2/c1-2-6-3-5-4-7-5;1-2-3-4(5)6/h2,5H,1,3-4H2;4-6H,2-3H2,1H3. The summed E-state index contributed by atoms with van der Waals surface area (Å²) >= 11 is 0. The Morgan fingerprint density at radius 1 is 1.69 bits per heavy atom. The zero-order valence-corrected chi connectivity index (χ0v) is 7.98. The molecule has 0 aromatic rings. The zero-order valence-electron chi connectivity index (χ0n) is 7.98. The Hall–Kier alpha value is -0.580. The molecule has 0 spiro atoms. The normalized spacial score (nSPS) is 18.9. The molecule has 1 saturated heterocycles. The van der Waals surface area contributed by atoms with Crippen LogP contribution in [-0.2, 0) is 9.47 Å². The Kier molecular flexibility index (Phi) is 7.68. The molecule has 1 fully saturated rings. The van der Waals surface area contributed by atoms with Crippen molar-refractivity contribution in [3.05, 3.63) is 12.8 Å². The third kappa shape index (κ3) is 11.4.